The zero-order chi connectivity index (χ0) is 10.7. The minimum Gasteiger partial charge on any atom is -0.354 e. The lowest BCUT2D eigenvalue weighted by Gasteiger charge is -2.38. The van der Waals surface area contributed by atoms with Crippen molar-refractivity contribution in [2.24, 2.45) is 11.7 Å². The molecule has 0 radical (unpaired) electrons. The third kappa shape index (κ3) is 2.71. The zero-order valence-electron chi connectivity index (χ0n) is 9.43. The average molecular weight is 210 g/mol. The number of amides is 1. The standard InChI is InChI=1S/C12H22N2O/c13-12(7-4-8-12)9-14-11(15)10-5-2-1-3-6-10/h10H,1-9,13H2,(H,14,15). The molecule has 3 heteroatoms. The number of carbonyl (C=O) groups excluding carboxylic acids is 1. The fraction of sp³-hybridized carbons (Fsp3) is 0.917. The van der Waals surface area contributed by atoms with Gasteiger partial charge in [-0.05, 0) is 32.1 Å². The van der Waals surface area contributed by atoms with E-state index < -0.39 is 0 Å². The van der Waals surface area contributed by atoms with Gasteiger partial charge in [0.05, 0.1) is 0 Å². The molecule has 0 spiro atoms. The summed E-state index contributed by atoms with van der Waals surface area (Å²) in [5, 5.41) is 3.03. The van der Waals surface area contributed by atoms with Crippen LogP contribution in [-0.2, 0) is 4.79 Å². The molecule has 0 aromatic rings. The first kappa shape index (κ1) is 10.9. The van der Waals surface area contributed by atoms with E-state index in [2.05, 4.69) is 5.32 Å². The van der Waals surface area contributed by atoms with E-state index in [0.29, 0.717) is 6.54 Å². The summed E-state index contributed by atoms with van der Waals surface area (Å²) in [6.07, 6.45) is 9.22. The number of nitrogens with one attached hydrogen (secondary N) is 1. The molecule has 2 aliphatic rings. The van der Waals surface area contributed by atoms with Crippen LogP contribution in [0, 0.1) is 5.92 Å². The first-order valence-electron chi connectivity index (χ1n) is 6.26. The molecule has 0 aromatic heterocycles. The van der Waals surface area contributed by atoms with Crippen molar-refractivity contribution < 1.29 is 4.79 Å². The fourth-order valence-corrected chi connectivity index (χ4v) is 2.58. The van der Waals surface area contributed by atoms with E-state index >= 15 is 0 Å². The van der Waals surface area contributed by atoms with Gasteiger partial charge in [-0.15, -0.1) is 0 Å². The maximum absolute atomic E-state index is 11.8. The van der Waals surface area contributed by atoms with Gasteiger partial charge in [0.25, 0.3) is 0 Å². The van der Waals surface area contributed by atoms with Crippen molar-refractivity contribution >= 4 is 5.91 Å². The summed E-state index contributed by atoms with van der Waals surface area (Å²) >= 11 is 0. The van der Waals surface area contributed by atoms with Crippen molar-refractivity contribution in [3.63, 3.8) is 0 Å². The Balaban J connectivity index is 1.71. The molecule has 2 saturated carbocycles. The molecule has 0 aromatic carbocycles. The molecule has 2 rings (SSSR count). The smallest absolute Gasteiger partial charge is 0.223 e. The van der Waals surface area contributed by atoms with Gasteiger partial charge in [0.15, 0.2) is 0 Å². The van der Waals surface area contributed by atoms with Crippen LogP contribution in [-0.4, -0.2) is 18.0 Å². The van der Waals surface area contributed by atoms with Crippen LogP contribution < -0.4 is 11.1 Å². The van der Waals surface area contributed by atoms with Gasteiger partial charge in [0, 0.05) is 18.0 Å². The van der Waals surface area contributed by atoms with Crippen LogP contribution in [0.4, 0.5) is 0 Å². The summed E-state index contributed by atoms with van der Waals surface area (Å²) in [5.41, 5.74) is 5.99. The highest BCUT2D eigenvalue weighted by molar-refractivity contribution is 5.78. The quantitative estimate of drug-likeness (QED) is 0.743. The molecule has 0 atom stereocenters. The summed E-state index contributed by atoms with van der Waals surface area (Å²) < 4.78 is 0. The summed E-state index contributed by atoms with van der Waals surface area (Å²) in [6.45, 7) is 0.683. The van der Waals surface area contributed by atoms with E-state index in [1.54, 1.807) is 0 Å². The third-order valence-electron chi connectivity index (χ3n) is 3.94. The largest absolute Gasteiger partial charge is 0.354 e. The predicted molar refractivity (Wildman–Crippen MR) is 60.4 cm³/mol. The van der Waals surface area contributed by atoms with Crippen LogP contribution in [0.3, 0.4) is 0 Å². The van der Waals surface area contributed by atoms with E-state index in [1.165, 1.54) is 25.7 Å². The van der Waals surface area contributed by atoms with Gasteiger partial charge in [0.2, 0.25) is 5.91 Å². The minimum absolute atomic E-state index is 0.0790. The second kappa shape index (κ2) is 4.52. The number of carbonyl (C=O) groups is 1. The molecule has 15 heavy (non-hydrogen) atoms. The molecule has 0 bridgehead atoms. The Labute approximate surface area is 91.8 Å². The van der Waals surface area contributed by atoms with E-state index in [0.717, 1.165) is 25.7 Å². The van der Waals surface area contributed by atoms with Gasteiger partial charge < -0.3 is 11.1 Å². The van der Waals surface area contributed by atoms with Crippen LogP contribution in [0.25, 0.3) is 0 Å². The molecule has 2 aliphatic carbocycles. The molecular weight excluding hydrogens is 188 g/mol. The number of nitrogens with two attached hydrogens (primary N) is 1. The Bertz CT molecular complexity index is 230. The van der Waals surface area contributed by atoms with Crippen LogP contribution in [0.15, 0.2) is 0 Å². The molecule has 0 unspecified atom stereocenters. The summed E-state index contributed by atoms with van der Waals surface area (Å²) in [7, 11) is 0. The van der Waals surface area contributed by atoms with E-state index in [-0.39, 0.29) is 17.4 Å². The Morgan fingerprint density at radius 3 is 2.40 bits per heavy atom. The first-order chi connectivity index (χ1) is 7.20. The molecular formula is C12H22N2O. The SMILES string of the molecule is NC1(CNC(=O)C2CCCCC2)CCC1. The summed E-state index contributed by atoms with van der Waals surface area (Å²) in [5.74, 6) is 0.508. The zero-order valence-corrected chi connectivity index (χ0v) is 9.43. The highest BCUT2D eigenvalue weighted by Gasteiger charge is 2.33. The summed E-state index contributed by atoms with van der Waals surface area (Å²) in [6, 6.07) is 0. The third-order valence-corrected chi connectivity index (χ3v) is 3.94. The van der Waals surface area contributed by atoms with Crippen LogP contribution >= 0.6 is 0 Å². The van der Waals surface area contributed by atoms with Gasteiger partial charge in [-0.25, -0.2) is 0 Å². The summed E-state index contributed by atoms with van der Waals surface area (Å²) in [4.78, 5) is 11.8. The maximum Gasteiger partial charge on any atom is 0.223 e. The first-order valence-corrected chi connectivity index (χ1v) is 6.26. The molecule has 3 N–H and O–H groups in total. The van der Waals surface area contributed by atoms with Crippen molar-refractivity contribution in [1.29, 1.82) is 0 Å². The second-order valence-corrected chi connectivity index (χ2v) is 5.27. The highest BCUT2D eigenvalue weighted by atomic mass is 16.1. The van der Waals surface area contributed by atoms with Gasteiger partial charge in [-0.2, -0.15) is 0 Å². The Hall–Kier alpha value is -0.570. The topological polar surface area (TPSA) is 55.1 Å². The molecule has 0 aliphatic heterocycles. The van der Waals surface area contributed by atoms with Gasteiger partial charge >= 0.3 is 0 Å². The van der Waals surface area contributed by atoms with Crippen molar-refractivity contribution in [3.05, 3.63) is 0 Å². The van der Waals surface area contributed by atoms with Crippen LogP contribution in [0.2, 0.25) is 0 Å². The predicted octanol–water partition coefficient (Wildman–Crippen LogP) is 1.56. The van der Waals surface area contributed by atoms with Gasteiger partial charge in [0.1, 0.15) is 0 Å². The lowest BCUT2D eigenvalue weighted by molar-refractivity contribution is -0.126. The maximum atomic E-state index is 11.8. The number of hydrogen-bond donors (Lipinski definition) is 2. The van der Waals surface area contributed by atoms with Gasteiger partial charge in [-0.1, -0.05) is 19.3 Å². The lowest BCUT2D eigenvalue weighted by Crippen LogP contribution is -2.55. The number of rotatable bonds is 3. The van der Waals surface area contributed by atoms with E-state index in [4.69, 9.17) is 5.73 Å². The van der Waals surface area contributed by atoms with Crippen molar-refractivity contribution in [2.45, 2.75) is 56.9 Å². The van der Waals surface area contributed by atoms with E-state index in [9.17, 15) is 4.79 Å². The van der Waals surface area contributed by atoms with Crippen molar-refractivity contribution in [2.75, 3.05) is 6.54 Å². The van der Waals surface area contributed by atoms with Crippen LogP contribution in [0.1, 0.15) is 51.4 Å². The molecule has 86 valence electrons. The van der Waals surface area contributed by atoms with Crippen LogP contribution in [0.5, 0.6) is 0 Å². The van der Waals surface area contributed by atoms with E-state index in [1.807, 2.05) is 0 Å². The molecule has 3 nitrogen and oxygen atoms in total. The van der Waals surface area contributed by atoms with Gasteiger partial charge in [-0.3, -0.25) is 4.79 Å². The lowest BCUT2D eigenvalue weighted by atomic mass is 9.77. The Morgan fingerprint density at radius 2 is 1.87 bits per heavy atom. The number of hydrogen-bond acceptors (Lipinski definition) is 2. The normalized spacial score (nSPS) is 25.7. The Morgan fingerprint density at radius 1 is 1.20 bits per heavy atom. The minimum atomic E-state index is -0.0790. The van der Waals surface area contributed by atoms with Crippen molar-refractivity contribution in [1.82, 2.24) is 5.32 Å². The molecule has 1 amide bonds. The fourth-order valence-electron chi connectivity index (χ4n) is 2.58. The molecule has 0 heterocycles. The molecule has 2 fully saturated rings. The van der Waals surface area contributed by atoms with Crippen molar-refractivity contribution in [3.8, 4) is 0 Å². The average Bonchev–Trinajstić information content (AvgIpc) is 2.24. The molecule has 0 saturated heterocycles. The Kier molecular flexibility index (Phi) is 3.29. The second-order valence-electron chi connectivity index (χ2n) is 5.27. The highest BCUT2D eigenvalue weighted by Crippen LogP contribution is 2.28. The monoisotopic (exact) mass is 210 g/mol.